The monoisotopic (exact) mass is 474 g/mol. The van der Waals surface area contributed by atoms with Crippen molar-refractivity contribution in [3.8, 4) is 0 Å². The molecule has 1 aromatic rings. The van der Waals surface area contributed by atoms with Crippen molar-refractivity contribution >= 4 is 35.8 Å². The molecule has 8 heteroatoms. The minimum atomic E-state index is 0. The SMILES string of the molecule is CCNC(=NCc1cnn(C)c1)NC1CCN(C(=O)C2CCCC2)C1.I. The van der Waals surface area contributed by atoms with Crippen LogP contribution in [0.25, 0.3) is 0 Å². The van der Waals surface area contributed by atoms with E-state index < -0.39 is 0 Å². The zero-order valence-corrected chi connectivity index (χ0v) is 18.1. The predicted octanol–water partition coefficient (Wildman–Crippen LogP) is 1.88. The number of hydrogen-bond acceptors (Lipinski definition) is 3. The molecule has 1 unspecified atom stereocenters. The van der Waals surface area contributed by atoms with Gasteiger partial charge in [-0.05, 0) is 26.2 Å². The van der Waals surface area contributed by atoms with Gasteiger partial charge in [0.1, 0.15) is 0 Å². The number of nitrogens with one attached hydrogen (secondary N) is 2. The molecule has 1 amide bonds. The number of halogens is 1. The average molecular weight is 474 g/mol. The maximum atomic E-state index is 12.6. The van der Waals surface area contributed by atoms with Crippen LogP contribution < -0.4 is 10.6 Å². The Morgan fingerprint density at radius 1 is 1.35 bits per heavy atom. The van der Waals surface area contributed by atoms with Gasteiger partial charge >= 0.3 is 0 Å². The highest BCUT2D eigenvalue weighted by molar-refractivity contribution is 14.0. The minimum absolute atomic E-state index is 0. The van der Waals surface area contributed by atoms with Crippen molar-refractivity contribution < 1.29 is 4.79 Å². The lowest BCUT2D eigenvalue weighted by Gasteiger charge is -2.21. The van der Waals surface area contributed by atoms with Crippen molar-refractivity contribution in [3.05, 3.63) is 18.0 Å². The molecule has 146 valence electrons. The van der Waals surface area contributed by atoms with Gasteiger partial charge in [0.2, 0.25) is 5.91 Å². The van der Waals surface area contributed by atoms with Crippen LogP contribution in [0.2, 0.25) is 0 Å². The van der Waals surface area contributed by atoms with Crippen LogP contribution in [0.5, 0.6) is 0 Å². The summed E-state index contributed by atoms with van der Waals surface area (Å²) in [4.78, 5) is 19.2. The van der Waals surface area contributed by atoms with Crippen LogP contribution in [0.15, 0.2) is 17.4 Å². The van der Waals surface area contributed by atoms with Crippen LogP contribution >= 0.6 is 24.0 Å². The smallest absolute Gasteiger partial charge is 0.225 e. The van der Waals surface area contributed by atoms with E-state index in [1.54, 1.807) is 4.68 Å². The van der Waals surface area contributed by atoms with E-state index >= 15 is 0 Å². The van der Waals surface area contributed by atoms with E-state index in [0.29, 0.717) is 12.5 Å². The molecular formula is C18H31IN6O. The topological polar surface area (TPSA) is 74.6 Å². The van der Waals surface area contributed by atoms with Gasteiger partial charge in [-0.2, -0.15) is 5.10 Å². The Bertz CT molecular complexity index is 611. The van der Waals surface area contributed by atoms with Gasteiger partial charge in [0.15, 0.2) is 5.96 Å². The van der Waals surface area contributed by atoms with E-state index in [4.69, 9.17) is 0 Å². The third-order valence-electron chi connectivity index (χ3n) is 5.07. The summed E-state index contributed by atoms with van der Waals surface area (Å²) in [5, 5.41) is 11.0. The molecule has 7 nitrogen and oxygen atoms in total. The summed E-state index contributed by atoms with van der Waals surface area (Å²) >= 11 is 0. The summed E-state index contributed by atoms with van der Waals surface area (Å²) in [6.45, 7) is 5.12. The summed E-state index contributed by atoms with van der Waals surface area (Å²) in [7, 11) is 1.91. The lowest BCUT2D eigenvalue weighted by atomic mass is 10.1. The van der Waals surface area contributed by atoms with E-state index in [9.17, 15) is 4.79 Å². The second-order valence-electron chi connectivity index (χ2n) is 7.11. The fourth-order valence-corrected chi connectivity index (χ4v) is 3.75. The number of nitrogens with zero attached hydrogens (tertiary/aromatic N) is 4. The number of carbonyl (C=O) groups excluding carboxylic acids is 1. The molecule has 0 spiro atoms. The van der Waals surface area contributed by atoms with Gasteiger partial charge in [-0.3, -0.25) is 9.48 Å². The number of guanidine groups is 1. The van der Waals surface area contributed by atoms with Gasteiger partial charge in [-0.15, -0.1) is 24.0 Å². The van der Waals surface area contributed by atoms with Crippen molar-refractivity contribution in [2.24, 2.45) is 18.0 Å². The van der Waals surface area contributed by atoms with E-state index in [1.165, 1.54) is 12.8 Å². The highest BCUT2D eigenvalue weighted by Crippen LogP contribution is 2.27. The van der Waals surface area contributed by atoms with Crippen molar-refractivity contribution in [3.63, 3.8) is 0 Å². The molecule has 1 atom stereocenters. The standard InChI is InChI=1S/C18H30N6O.HI/c1-3-19-18(20-10-14-11-21-23(2)12-14)22-16-8-9-24(13-16)17(25)15-6-4-5-7-15;/h11-12,15-16H,3-10,13H2,1-2H3,(H2,19,20,22);1H. The summed E-state index contributed by atoms with van der Waals surface area (Å²) in [5.41, 5.74) is 1.09. The Labute approximate surface area is 173 Å². The minimum Gasteiger partial charge on any atom is -0.357 e. The second kappa shape index (κ2) is 10.1. The average Bonchev–Trinajstić information content (AvgIpc) is 3.34. The lowest BCUT2D eigenvalue weighted by molar-refractivity contribution is -0.134. The quantitative estimate of drug-likeness (QED) is 0.389. The number of aliphatic imine (C=N–C) groups is 1. The molecule has 2 fully saturated rings. The van der Waals surface area contributed by atoms with Crippen LogP contribution in [-0.2, 0) is 18.4 Å². The molecule has 3 rings (SSSR count). The first kappa shape index (κ1) is 21.0. The number of rotatable bonds is 5. The first-order chi connectivity index (χ1) is 12.2. The Morgan fingerprint density at radius 3 is 2.77 bits per heavy atom. The molecule has 1 aliphatic carbocycles. The predicted molar refractivity (Wildman–Crippen MR) is 114 cm³/mol. The molecule has 1 aliphatic heterocycles. The summed E-state index contributed by atoms with van der Waals surface area (Å²) in [6, 6.07) is 0.275. The Kier molecular flexibility index (Phi) is 8.17. The molecule has 0 aromatic carbocycles. The van der Waals surface area contributed by atoms with Crippen LogP contribution in [-0.4, -0.2) is 52.2 Å². The second-order valence-corrected chi connectivity index (χ2v) is 7.11. The molecule has 2 aliphatic rings. The Morgan fingerprint density at radius 2 is 2.12 bits per heavy atom. The fraction of sp³-hybridized carbons (Fsp3) is 0.722. The molecule has 1 saturated carbocycles. The normalized spacial score (nSPS) is 20.9. The fourth-order valence-electron chi connectivity index (χ4n) is 3.75. The van der Waals surface area contributed by atoms with Gasteiger partial charge < -0.3 is 15.5 Å². The van der Waals surface area contributed by atoms with Crippen LogP contribution in [0.3, 0.4) is 0 Å². The highest BCUT2D eigenvalue weighted by Gasteiger charge is 2.32. The summed E-state index contributed by atoms with van der Waals surface area (Å²) in [6.07, 6.45) is 9.35. The Balaban J connectivity index is 0.00000243. The Hall–Kier alpha value is -1.32. The van der Waals surface area contributed by atoms with Crippen molar-refractivity contribution in [2.75, 3.05) is 19.6 Å². The first-order valence-corrected chi connectivity index (χ1v) is 9.47. The number of likely N-dealkylation sites (tertiary alicyclic amines) is 1. The molecule has 0 radical (unpaired) electrons. The van der Waals surface area contributed by atoms with Crippen molar-refractivity contribution in [2.45, 2.75) is 51.6 Å². The zero-order valence-electron chi connectivity index (χ0n) is 15.8. The third kappa shape index (κ3) is 5.59. The van der Waals surface area contributed by atoms with E-state index in [0.717, 1.165) is 50.4 Å². The molecule has 2 heterocycles. The maximum Gasteiger partial charge on any atom is 0.225 e. The lowest BCUT2D eigenvalue weighted by Crippen LogP contribution is -2.45. The number of hydrogen-bond donors (Lipinski definition) is 2. The molecule has 1 saturated heterocycles. The van der Waals surface area contributed by atoms with Crippen molar-refractivity contribution in [1.82, 2.24) is 25.3 Å². The number of aromatic nitrogens is 2. The van der Waals surface area contributed by atoms with E-state index in [1.807, 2.05) is 24.3 Å². The van der Waals surface area contributed by atoms with Gasteiger partial charge in [0.05, 0.1) is 12.7 Å². The maximum absolute atomic E-state index is 12.6. The van der Waals surface area contributed by atoms with Crippen LogP contribution in [0.1, 0.15) is 44.6 Å². The largest absolute Gasteiger partial charge is 0.357 e. The molecular weight excluding hydrogens is 443 g/mol. The van der Waals surface area contributed by atoms with Crippen molar-refractivity contribution in [1.29, 1.82) is 0 Å². The molecule has 2 N–H and O–H groups in total. The summed E-state index contributed by atoms with van der Waals surface area (Å²) < 4.78 is 1.79. The van der Waals surface area contributed by atoms with Crippen LogP contribution in [0, 0.1) is 5.92 Å². The number of aryl methyl sites for hydroxylation is 1. The molecule has 1 aromatic heterocycles. The number of amides is 1. The van der Waals surface area contributed by atoms with E-state index in [-0.39, 0.29) is 35.9 Å². The highest BCUT2D eigenvalue weighted by atomic mass is 127. The molecule has 0 bridgehead atoms. The van der Waals surface area contributed by atoms with Gasteiger partial charge in [-0.25, -0.2) is 4.99 Å². The third-order valence-corrected chi connectivity index (χ3v) is 5.07. The van der Waals surface area contributed by atoms with Gasteiger partial charge in [-0.1, -0.05) is 12.8 Å². The summed E-state index contributed by atoms with van der Waals surface area (Å²) in [5.74, 6) is 1.44. The number of carbonyl (C=O) groups is 1. The van der Waals surface area contributed by atoms with Gasteiger partial charge in [0, 0.05) is 50.4 Å². The van der Waals surface area contributed by atoms with E-state index in [2.05, 4.69) is 27.6 Å². The molecule has 26 heavy (non-hydrogen) atoms. The zero-order chi connectivity index (χ0) is 17.6. The van der Waals surface area contributed by atoms with Gasteiger partial charge in [0.25, 0.3) is 0 Å². The van der Waals surface area contributed by atoms with Crippen LogP contribution in [0.4, 0.5) is 0 Å². The first-order valence-electron chi connectivity index (χ1n) is 9.47.